The number of amides is 3. The average Bonchev–Trinajstić information content (AvgIpc) is 2.69. The summed E-state index contributed by atoms with van der Waals surface area (Å²) in [5, 5.41) is 4.81. The number of imide groups is 1. The van der Waals surface area contributed by atoms with Gasteiger partial charge in [0.2, 0.25) is 5.91 Å². The number of esters is 1. The van der Waals surface area contributed by atoms with Gasteiger partial charge < -0.3 is 10.1 Å². The van der Waals surface area contributed by atoms with Crippen molar-refractivity contribution < 1.29 is 19.1 Å². The summed E-state index contributed by atoms with van der Waals surface area (Å²) >= 11 is 0. The highest BCUT2D eigenvalue weighted by molar-refractivity contribution is 6.03. The molecule has 3 amide bonds. The van der Waals surface area contributed by atoms with Crippen molar-refractivity contribution in [2.24, 2.45) is 5.41 Å². The Morgan fingerprint density at radius 1 is 1.25 bits per heavy atom. The van der Waals surface area contributed by atoms with Crippen LogP contribution in [-0.2, 0) is 16.1 Å². The van der Waals surface area contributed by atoms with Crippen LogP contribution in [-0.4, -0.2) is 17.9 Å². The molecule has 0 bridgehead atoms. The van der Waals surface area contributed by atoms with E-state index in [4.69, 9.17) is 4.74 Å². The molecule has 1 aliphatic rings. The molecule has 106 valence electrons. The minimum Gasteiger partial charge on any atom is -0.457 e. The number of rotatable bonds is 1. The predicted molar refractivity (Wildman–Crippen MR) is 72.2 cm³/mol. The van der Waals surface area contributed by atoms with E-state index in [9.17, 15) is 14.4 Å². The molecule has 0 saturated heterocycles. The van der Waals surface area contributed by atoms with Gasteiger partial charge in [-0.25, -0.2) is 9.59 Å². The summed E-state index contributed by atoms with van der Waals surface area (Å²) in [6.07, 6.45) is 0. The van der Waals surface area contributed by atoms with Crippen LogP contribution >= 0.6 is 0 Å². The molecule has 0 aromatic heterocycles. The molecule has 0 radical (unpaired) electrons. The van der Waals surface area contributed by atoms with Gasteiger partial charge in [-0.15, -0.1) is 0 Å². The van der Waals surface area contributed by atoms with Crippen LogP contribution in [0.15, 0.2) is 18.2 Å². The highest BCUT2D eigenvalue weighted by Gasteiger charge is 2.24. The molecule has 2 N–H and O–H groups in total. The first-order valence-electron chi connectivity index (χ1n) is 6.20. The topological polar surface area (TPSA) is 84.5 Å². The van der Waals surface area contributed by atoms with Crippen molar-refractivity contribution in [1.29, 1.82) is 0 Å². The molecule has 0 saturated carbocycles. The molecule has 1 aliphatic heterocycles. The lowest BCUT2D eigenvalue weighted by Crippen LogP contribution is -2.41. The van der Waals surface area contributed by atoms with E-state index < -0.39 is 11.4 Å². The predicted octanol–water partition coefficient (Wildman–Crippen LogP) is 2.05. The SMILES string of the molecule is CC(C)(C)C(=O)NC(=O)Nc1ccc2c(c1)COC2=O. The third-order valence-electron chi connectivity index (χ3n) is 2.85. The number of nitrogens with one attached hydrogen (secondary N) is 2. The van der Waals surface area contributed by atoms with Gasteiger partial charge in [-0.05, 0) is 18.2 Å². The van der Waals surface area contributed by atoms with Gasteiger partial charge in [0.1, 0.15) is 6.61 Å². The third-order valence-corrected chi connectivity index (χ3v) is 2.85. The van der Waals surface area contributed by atoms with Crippen LogP contribution in [0.25, 0.3) is 0 Å². The highest BCUT2D eigenvalue weighted by Crippen LogP contribution is 2.23. The van der Waals surface area contributed by atoms with E-state index in [-0.39, 0.29) is 18.5 Å². The number of benzene rings is 1. The van der Waals surface area contributed by atoms with Gasteiger partial charge in [-0.1, -0.05) is 20.8 Å². The fourth-order valence-corrected chi connectivity index (χ4v) is 1.66. The molecule has 0 fully saturated rings. The zero-order chi connectivity index (χ0) is 14.9. The monoisotopic (exact) mass is 276 g/mol. The Bertz CT molecular complexity index is 587. The minimum absolute atomic E-state index is 0.201. The molecule has 1 aromatic rings. The second kappa shape index (κ2) is 4.96. The van der Waals surface area contributed by atoms with Crippen LogP contribution < -0.4 is 10.6 Å². The maximum absolute atomic E-state index is 11.7. The fraction of sp³-hybridized carbons (Fsp3) is 0.357. The Morgan fingerprint density at radius 2 is 1.95 bits per heavy atom. The number of cyclic esters (lactones) is 1. The summed E-state index contributed by atoms with van der Waals surface area (Å²) in [6.45, 7) is 5.35. The van der Waals surface area contributed by atoms with Gasteiger partial charge in [0.05, 0.1) is 5.56 Å². The zero-order valence-electron chi connectivity index (χ0n) is 11.6. The van der Waals surface area contributed by atoms with Crippen LogP contribution in [0.5, 0.6) is 0 Å². The molecule has 6 heteroatoms. The highest BCUT2D eigenvalue weighted by atomic mass is 16.5. The lowest BCUT2D eigenvalue weighted by atomic mass is 9.96. The van der Waals surface area contributed by atoms with Crippen molar-refractivity contribution in [3.05, 3.63) is 29.3 Å². The largest absolute Gasteiger partial charge is 0.457 e. The number of ether oxygens (including phenoxy) is 1. The van der Waals surface area contributed by atoms with Gasteiger partial charge in [0, 0.05) is 16.7 Å². The molecule has 6 nitrogen and oxygen atoms in total. The second-order valence-corrected chi connectivity index (χ2v) is 5.61. The molecule has 0 unspecified atom stereocenters. The van der Waals surface area contributed by atoms with Gasteiger partial charge >= 0.3 is 12.0 Å². The Hall–Kier alpha value is -2.37. The van der Waals surface area contributed by atoms with E-state index in [1.807, 2.05) is 0 Å². The molecule has 0 atom stereocenters. The van der Waals surface area contributed by atoms with Crippen molar-refractivity contribution in [3.63, 3.8) is 0 Å². The first kappa shape index (κ1) is 14.0. The summed E-state index contributed by atoms with van der Waals surface area (Å²) in [4.78, 5) is 34.6. The third kappa shape index (κ3) is 2.96. The first-order valence-corrected chi connectivity index (χ1v) is 6.20. The zero-order valence-corrected chi connectivity index (χ0v) is 11.6. The Kier molecular flexibility index (Phi) is 3.48. The summed E-state index contributed by atoms with van der Waals surface area (Å²) in [7, 11) is 0. The maximum Gasteiger partial charge on any atom is 0.338 e. The Morgan fingerprint density at radius 3 is 2.60 bits per heavy atom. The van der Waals surface area contributed by atoms with Crippen molar-refractivity contribution in [2.45, 2.75) is 27.4 Å². The lowest BCUT2D eigenvalue weighted by molar-refractivity contribution is -0.127. The number of hydrogen-bond acceptors (Lipinski definition) is 4. The van der Waals surface area contributed by atoms with Gasteiger partial charge in [0.15, 0.2) is 0 Å². The molecule has 0 aliphatic carbocycles. The molecule has 2 rings (SSSR count). The number of hydrogen-bond donors (Lipinski definition) is 2. The van der Waals surface area contributed by atoms with Crippen molar-refractivity contribution in [3.8, 4) is 0 Å². The molecule has 20 heavy (non-hydrogen) atoms. The molecule has 0 spiro atoms. The second-order valence-electron chi connectivity index (χ2n) is 5.61. The normalized spacial score (nSPS) is 13.4. The number of urea groups is 1. The number of carbonyl (C=O) groups is 3. The van der Waals surface area contributed by atoms with Crippen LogP contribution in [0.4, 0.5) is 10.5 Å². The lowest BCUT2D eigenvalue weighted by Gasteiger charge is -2.17. The Labute approximate surface area is 116 Å². The van der Waals surface area contributed by atoms with Gasteiger partial charge in [0.25, 0.3) is 0 Å². The van der Waals surface area contributed by atoms with Crippen LogP contribution in [0.1, 0.15) is 36.7 Å². The fourth-order valence-electron chi connectivity index (χ4n) is 1.66. The summed E-state index contributed by atoms with van der Waals surface area (Å²) in [5.74, 6) is -0.728. The van der Waals surface area contributed by atoms with E-state index in [1.54, 1.807) is 39.0 Å². The molecular formula is C14H16N2O4. The molecule has 1 aromatic carbocycles. The minimum atomic E-state index is -0.643. The van der Waals surface area contributed by atoms with E-state index >= 15 is 0 Å². The van der Waals surface area contributed by atoms with Gasteiger partial charge in [-0.3, -0.25) is 10.1 Å². The first-order chi connectivity index (χ1) is 9.27. The van der Waals surface area contributed by atoms with E-state index in [2.05, 4.69) is 10.6 Å². The van der Waals surface area contributed by atoms with Crippen molar-refractivity contribution in [1.82, 2.24) is 5.32 Å². The number of fused-ring (bicyclic) bond motifs is 1. The van der Waals surface area contributed by atoms with Crippen molar-refractivity contribution in [2.75, 3.05) is 5.32 Å². The number of carbonyl (C=O) groups excluding carboxylic acids is 3. The summed E-state index contributed by atoms with van der Waals surface area (Å²) < 4.78 is 4.87. The summed E-state index contributed by atoms with van der Waals surface area (Å²) in [6, 6.07) is 4.23. The van der Waals surface area contributed by atoms with E-state index in [0.717, 1.165) is 5.56 Å². The molecular weight excluding hydrogens is 260 g/mol. The standard InChI is InChI=1S/C14H16N2O4/c1-14(2,3)12(18)16-13(19)15-9-4-5-10-8(6-9)7-20-11(10)17/h4-6H,7H2,1-3H3,(H2,15,16,18,19). The summed E-state index contributed by atoms with van der Waals surface area (Å²) in [5.41, 5.74) is 1.08. The number of anilines is 1. The maximum atomic E-state index is 11.7. The smallest absolute Gasteiger partial charge is 0.338 e. The van der Waals surface area contributed by atoms with Crippen molar-refractivity contribution >= 4 is 23.6 Å². The van der Waals surface area contributed by atoms with Crippen LogP contribution in [0.3, 0.4) is 0 Å². The quantitative estimate of drug-likeness (QED) is 0.769. The van der Waals surface area contributed by atoms with E-state index in [0.29, 0.717) is 11.3 Å². The van der Waals surface area contributed by atoms with Gasteiger partial charge in [-0.2, -0.15) is 0 Å². The average molecular weight is 276 g/mol. The van der Waals surface area contributed by atoms with Crippen LogP contribution in [0, 0.1) is 5.41 Å². The van der Waals surface area contributed by atoms with E-state index in [1.165, 1.54) is 0 Å². The Balaban J connectivity index is 2.03. The molecule has 1 heterocycles. The van der Waals surface area contributed by atoms with Crippen LogP contribution in [0.2, 0.25) is 0 Å².